The van der Waals surface area contributed by atoms with E-state index in [2.05, 4.69) is 11.9 Å². The molecular weight excluding hydrogens is 313 g/mol. The first-order chi connectivity index (χ1) is 9.97. The second-order valence-corrected chi connectivity index (χ2v) is 6.27. The number of halogens is 2. The molecule has 2 unspecified atom stereocenters. The average molecular weight is 334 g/mol. The number of likely N-dealkylation sites (tertiary alicyclic amines) is 1. The smallest absolute Gasteiger partial charge is 0.159 e. The lowest BCUT2D eigenvalue weighted by Crippen LogP contribution is -2.42. The van der Waals surface area contributed by atoms with Gasteiger partial charge < -0.3 is 19.5 Å². The van der Waals surface area contributed by atoms with Crippen LogP contribution in [-0.4, -0.2) is 50.5 Å². The lowest BCUT2D eigenvalue weighted by molar-refractivity contribution is 0.0364. The Morgan fingerprint density at radius 1 is 1.29 bits per heavy atom. The highest BCUT2D eigenvalue weighted by Gasteiger charge is 2.28. The first kappa shape index (κ1) is 16.7. The molecule has 1 saturated heterocycles. The maximum atomic E-state index is 10.2. The summed E-state index contributed by atoms with van der Waals surface area (Å²) < 4.78 is 10.6. The van der Waals surface area contributed by atoms with E-state index < -0.39 is 0 Å². The van der Waals surface area contributed by atoms with E-state index in [0.29, 0.717) is 28.0 Å². The van der Waals surface area contributed by atoms with Gasteiger partial charge in [-0.25, -0.2) is 0 Å². The van der Waals surface area contributed by atoms with Crippen LogP contribution in [0.2, 0.25) is 10.0 Å². The molecule has 6 heteroatoms. The topological polar surface area (TPSA) is 41.9 Å². The molecule has 1 aromatic carbocycles. The number of benzene rings is 1. The number of aliphatic hydroxyl groups excluding tert-OH is 1. The molecule has 1 aliphatic heterocycles. The Hall–Kier alpha value is -0.680. The Balaban J connectivity index is 2.31. The van der Waals surface area contributed by atoms with Crippen LogP contribution >= 0.6 is 23.2 Å². The van der Waals surface area contributed by atoms with Gasteiger partial charge in [-0.05, 0) is 31.5 Å². The highest BCUT2D eigenvalue weighted by atomic mass is 35.5. The number of aliphatic hydroxyl groups is 1. The van der Waals surface area contributed by atoms with Gasteiger partial charge in [0.25, 0.3) is 0 Å². The van der Waals surface area contributed by atoms with Crippen molar-refractivity contribution in [2.24, 2.45) is 5.92 Å². The largest absolute Gasteiger partial charge is 0.495 e. The van der Waals surface area contributed by atoms with Crippen LogP contribution in [0.5, 0.6) is 11.5 Å². The standard InChI is InChI=1S/C15H21Cl2NO3/c1-18-5-4-12(19)10(8-18)6-9-7-11(16)15(21-3)13(17)14(9)20-2/h7,10,12,19H,4-6,8H2,1-3H3. The van der Waals surface area contributed by atoms with Crippen molar-refractivity contribution in [2.45, 2.75) is 18.9 Å². The molecule has 0 saturated carbocycles. The summed E-state index contributed by atoms with van der Waals surface area (Å²) in [4.78, 5) is 2.22. The second kappa shape index (κ2) is 7.05. The van der Waals surface area contributed by atoms with Gasteiger partial charge in [-0.1, -0.05) is 23.2 Å². The average Bonchev–Trinajstić information content (AvgIpc) is 2.43. The minimum absolute atomic E-state index is 0.137. The zero-order chi connectivity index (χ0) is 15.6. The van der Waals surface area contributed by atoms with E-state index in [0.717, 1.165) is 25.1 Å². The zero-order valence-electron chi connectivity index (χ0n) is 12.5. The third-order valence-electron chi connectivity index (χ3n) is 4.00. The zero-order valence-corrected chi connectivity index (χ0v) is 14.0. The Bertz CT molecular complexity index is 510. The summed E-state index contributed by atoms with van der Waals surface area (Å²) in [6.07, 6.45) is 1.13. The predicted molar refractivity (Wildman–Crippen MR) is 84.9 cm³/mol. The third kappa shape index (κ3) is 3.57. The van der Waals surface area contributed by atoms with Crippen LogP contribution in [0.3, 0.4) is 0 Å². The van der Waals surface area contributed by atoms with E-state index in [-0.39, 0.29) is 12.0 Å². The molecule has 0 aliphatic carbocycles. The predicted octanol–water partition coefficient (Wildman–Crippen LogP) is 2.87. The number of piperidine rings is 1. The summed E-state index contributed by atoms with van der Waals surface area (Å²) in [5.41, 5.74) is 0.896. The summed E-state index contributed by atoms with van der Waals surface area (Å²) in [5.74, 6) is 1.12. The van der Waals surface area contributed by atoms with E-state index in [1.54, 1.807) is 7.11 Å². The summed E-state index contributed by atoms with van der Waals surface area (Å²) in [7, 11) is 5.15. The molecule has 1 fully saturated rings. The van der Waals surface area contributed by atoms with Crippen LogP contribution < -0.4 is 9.47 Å². The monoisotopic (exact) mass is 333 g/mol. The number of methoxy groups -OCH3 is 2. The summed E-state index contributed by atoms with van der Waals surface area (Å²) in [6.45, 7) is 1.75. The van der Waals surface area contributed by atoms with Gasteiger partial charge in [0.15, 0.2) is 5.75 Å². The molecule has 0 amide bonds. The van der Waals surface area contributed by atoms with E-state index in [1.807, 2.05) is 6.07 Å². The molecule has 1 aromatic rings. The second-order valence-electron chi connectivity index (χ2n) is 5.48. The Morgan fingerprint density at radius 2 is 1.95 bits per heavy atom. The van der Waals surface area contributed by atoms with E-state index in [9.17, 15) is 5.11 Å². The van der Waals surface area contributed by atoms with Gasteiger partial charge in [-0.3, -0.25) is 0 Å². The number of hydrogen-bond donors (Lipinski definition) is 1. The van der Waals surface area contributed by atoms with Crippen molar-refractivity contribution in [2.75, 3.05) is 34.4 Å². The number of hydrogen-bond acceptors (Lipinski definition) is 4. The quantitative estimate of drug-likeness (QED) is 0.919. The lowest BCUT2D eigenvalue weighted by Gasteiger charge is -2.34. The van der Waals surface area contributed by atoms with Crippen molar-refractivity contribution in [3.63, 3.8) is 0 Å². The molecule has 2 rings (SSSR count). The van der Waals surface area contributed by atoms with Crippen LogP contribution in [0, 0.1) is 5.92 Å². The minimum Gasteiger partial charge on any atom is -0.495 e. The van der Waals surface area contributed by atoms with Crippen LogP contribution in [0.1, 0.15) is 12.0 Å². The number of rotatable bonds is 4. The fourth-order valence-corrected chi connectivity index (χ4v) is 3.61. The summed E-state index contributed by atoms with van der Waals surface area (Å²) in [5, 5.41) is 11.0. The maximum Gasteiger partial charge on any atom is 0.159 e. The SMILES string of the molecule is COc1c(Cl)cc(CC2CN(C)CCC2O)c(OC)c1Cl. The van der Waals surface area contributed by atoms with E-state index in [4.69, 9.17) is 32.7 Å². The first-order valence-corrected chi connectivity index (χ1v) is 7.69. The third-order valence-corrected chi connectivity index (χ3v) is 4.62. The van der Waals surface area contributed by atoms with Gasteiger partial charge in [0.2, 0.25) is 0 Å². The van der Waals surface area contributed by atoms with Crippen molar-refractivity contribution in [1.82, 2.24) is 4.90 Å². The van der Waals surface area contributed by atoms with Gasteiger partial charge in [-0.15, -0.1) is 0 Å². The van der Waals surface area contributed by atoms with E-state index in [1.165, 1.54) is 7.11 Å². The molecule has 0 aromatic heterocycles. The molecule has 21 heavy (non-hydrogen) atoms. The summed E-state index contributed by atoms with van der Waals surface area (Å²) >= 11 is 12.5. The van der Waals surface area contributed by atoms with Gasteiger partial charge in [0.05, 0.1) is 25.3 Å². The van der Waals surface area contributed by atoms with Crippen molar-refractivity contribution in [3.8, 4) is 11.5 Å². The fourth-order valence-electron chi connectivity index (χ4n) is 2.88. The molecule has 1 aliphatic rings. The van der Waals surface area contributed by atoms with Crippen molar-refractivity contribution < 1.29 is 14.6 Å². The fraction of sp³-hybridized carbons (Fsp3) is 0.600. The molecule has 1 heterocycles. The molecule has 0 radical (unpaired) electrons. The van der Waals surface area contributed by atoms with Gasteiger partial charge in [-0.2, -0.15) is 0 Å². The molecule has 4 nitrogen and oxygen atoms in total. The van der Waals surface area contributed by atoms with Crippen molar-refractivity contribution >= 4 is 23.2 Å². The molecular formula is C15H21Cl2NO3. The first-order valence-electron chi connectivity index (χ1n) is 6.93. The lowest BCUT2D eigenvalue weighted by atomic mass is 9.88. The molecule has 0 bridgehead atoms. The van der Waals surface area contributed by atoms with Crippen molar-refractivity contribution in [3.05, 3.63) is 21.7 Å². The van der Waals surface area contributed by atoms with Gasteiger partial charge in [0.1, 0.15) is 10.8 Å². The number of ether oxygens (including phenoxy) is 2. The minimum atomic E-state index is -0.314. The molecule has 2 atom stereocenters. The van der Waals surface area contributed by atoms with Crippen LogP contribution in [0.15, 0.2) is 6.07 Å². The Kier molecular flexibility index (Phi) is 5.60. The van der Waals surface area contributed by atoms with Gasteiger partial charge in [0, 0.05) is 19.0 Å². The van der Waals surface area contributed by atoms with Crippen LogP contribution in [0.25, 0.3) is 0 Å². The van der Waals surface area contributed by atoms with Crippen molar-refractivity contribution in [1.29, 1.82) is 0 Å². The van der Waals surface area contributed by atoms with E-state index >= 15 is 0 Å². The maximum absolute atomic E-state index is 10.2. The summed E-state index contributed by atoms with van der Waals surface area (Å²) in [6, 6.07) is 1.81. The normalized spacial score (nSPS) is 23.1. The Labute approximate surface area is 135 Å². The Morgan fingerprint density at radius 3 is 2.57 bits per heavy atom. The van der Waals surface area contributed by atoms with Crippen LogP contribution in [-0.2, 0) is 6.42 Å². The highest BCUT2D eigenvalue weighted by molar-refractivity contribution is 6.38. The highest BCUT2D eigenvalue weighted by Crippen LogP contribution is 2.43. The van der Waals surface area contributed by atoms with Crippen LogP contribution in [0.4, 0.5) is 0 Å². The van der Waals surface area contributed by atoms with Gasteiger partial charge >= 0.3 is 0 Å². The molecule has 0 spiro atoms. The molecule has 118 valence electrons. The molecule has 1 N–H and O–H groups in total. The number of nitrogens with zero attached hydrogens (tertiary/aromatic N) is 1.